The Bertz CT molecular complexity index is 783. The molecule has 0 spiro atoms. The van der Waals surface area contributed by atoms with E-state index in [0.717, 1.165) is 19.3 Å². The van der Waals surface area contributed by atoms with Crippen LogP contribution in [-0.4, -0.2) is 64.6 Å². The molecule has 2 fully saturated rings. The fourth-order valence-corrected chi connectivity index (χ4v) is 5.15. The number of nitrogens with one attached hydrogen (secondary N) is 1. The molecule has 1 amide bonds. The van der Waals surface area contributed by atoms with Crippen LogP contribution in [0.2, 0.25) is 0 Å². The number of nitrogens with zero attached hydrogens (tertiary/aromatic N) is 1. The minimum atomic E-state index is -3.69. The molecular weight excluding hydrogens is 406 g/mol. The quantitative estimate of drug-likeness (QED) is 0.692. The molecule has 28 heavy (non-hydrogen) atoms. The number of nitrogens with two attached hydrogens (primary N) is 1. The van der Waals surface area contributed by atoms with Crippen molar-refractivity contribution in [2.45, 2.75) is 30.2 Å². The average molecular weight is 434 g/mol. The topological polar surface area (TPSA) is 111 Å². The average Bonchev–Trinajstić information content (AvgIpc) is 3.15. The van der Waals surface area contributed by atoms with Crippen molar-refractivity contribution >= 4 is 28.3 Å². The van der Waals surface area contributed by atoms with Crippen molar-refractivity contribution in [2.24, 2.45) is 11.7 Å². The largest absolute Gasteiger partial charge is 0.496 e. The Labute approximate surface area is 172 Å². The molecule has 2 unspecified atom stereocenters. The van der Waals surface area contributed by atoms with Crippen LogP contribution in [0, 0.1) is 5.92 Å². The standard InChI is InChI=1S/C18H27N3O5S.ClH/c1-25-17-6-5-14(27(23,24)21-7-9-26-10-8-21)11-15(17)18(22)20-16-4-2-3-13(16)12-19;/h5-6,11,13,16H,2-4,7-10,12,19H2,1H3,(H,20,22);1H. The van der Waals surface area contributed by atoms with Crippen molar-refractivity contribution < 1.29 is 22.7 Å². The maximum absolute atomic E-state index is 12.9. The van der Waals surface area contributed by atoms with Gasteiger partial charge in [-0.15, -0.1) is 12.4 Å². The van der Waals surface area contributed by atoms with Gasteiger partial charge >= 0.3 is 0 Å². The van der Waals surface area contributed by atoms with E-state index in [1.807, 2.05) is 0 Å². The van der Waals surface area contributed by atoms with Crippen molar-refractivity contribution in [3.8, 4) is 5.75 Å². The van der Waals surface area contributed by atoms with E-state index in [-0.39, 0.29) is 40.7 Å². The van der Waals surface area contributed by atoms with Gasteiger partial charge in [0.2, 0.25) is 10.0 Å². The maximum Gasteiger partial charge on any atom is 0.255 e. The predicted molar refractivity (Wildman–Crippen MR) is 107 cm³/mol. The van der Waals surface area contributed by atoms with Crippen LogP contribution in [0.1, 0.15) is 29.6 Å². The van der Waals surface area contributed by atoms with Crippen LogP contribution >= 0.6 is 12.4 Å². The van der Waals surface area contributed by atoms with E-state index in [2.05, 4.69) is 5.32 Å². The minimum Gasteiger partial charge on any atom is -0.496 e. The number of methoxy groups -OCH3 is 1. The van der Waals surface area contributed by atoms with Gasteiger partial charge in [-0.25, -0.2) is 8.42 Å². The molecule has 1 aromatic rings. The third-order valence-electron chi connectivity index (χ3n) is 5.30. The fraction of sp³-hybridized carbons (Fsp3) is 0.611. The highest BCUT2D eigenvalue weighted by Crippen LogP contribution is 2.28. The van der Waals surface area contributed by atoms with E-state index in [9.17, 15) is 13.2 Å². The highest BCUT2D eigenvalue weighted by molar-refractivity contribution is 7.89. The van der Waals surface area contributed by atoms with E-state index >= 15 is 0 Å². The first-order valence-corrected chi connectivity index (χ1v) is 10.7. The van der Waals surface area contributed by atoms with Gasteiger partial charge in [0.1, 0.15) is 5.75 Å². The minimum absolute atomic E-state index is 0. The van der Waals surface area contributed by atoms with Crippen LogP contribution in [0.25, 0.3) is 0 Å². The molecule has 2 aliphatic rings. The van der Waals surface area contributed by atoms with Gasteiger partial charge in [0, 0.05) is 19.1 Å². The zero-order chi connectivity index (χ0) is 19.4. The van der Waals surface area contributed by atoms with E-state index < -0.39 is 10.0 Å². The van der Waals surface area contributed by atoms with Gasteiger partial charge < -0.3 is 20.5 Å². The van der Waals surface area contributed by atoms with Crippen molar-refractivity contribution in [2.75, 3.05) is 40.0 Å². The molecule has 10 heteroatoms. The summed E-state index contributed by atoms with van der Waals surface area (Å²) in [5, 5.41) is 3.00. The van der Waals surface area contributed by atoms with Crippen LogP contribution in [-0.2, 0) is 14.8 Å². The van der Waals surface area contributed by atoms with Gasteiger partial charge in [-0.05, 0) is 43.5 Å². The van der Waals surface area contributed by atoms with Crippen molar-refractivity contribution in [1.29, 1.82) is 0 Å². The molecule has 1 aliphatic carbocycles. The molecule has 1 aliphatic heterocycles. The monoisotopic (exact) mass is 433 g/mol. The molecule has 8 nitrogen and oxygen atoms in total. The zero-order valence-electron chi connectivity index (χ0n) is 15.9. The Balaban J connectivity index is 0.00000280. The van der Waals surface area contributed by atoms with Crippen molar-refractivity contribution in [1.82, 2.24) is 9.62 Å². The first kappa shape index (κ1) is 22.9. The molecule has 1 aromatic carbocycles. The first-order chi connectivity index (χ1) is 13.0. The number of halogens is 1. The summed E-state index contributed by atoms with van der Waals surface area (Å²) >= 11 is 0. The lowest BCUT2D eigenvalue weighted by Gasteiger charge is -2.26. The first-order valence-electron chi connectivity index (χ1n) is 9.24. The molecular formula is C18H28ClN3O5S. The second kappa shape index (κ2) is 9.89. The van der Waals surface area contributed by atoms with E-state index in [0.29, 0.717) is 38.6 Å². The molecule has 3 N–H and O–H groups in total. The van der Waals surface area contributed by atoms with Crippen LogP contribution < -0.4 is 15.8 Å². The summed E-state index contributed by atoms with van der Waals surface area (Å²) in [7, 11) is -2.23. The van der Waals surface area contributed by atoms with Crippen LogP contribution in [0.4, 0.5) is 0 Å². The normalized spacial score (nSPS) is 23.1. The van der Waals surface area contributed by atoms with Gasteiger partial charge in [-0.2, -0.15) is 4.31 Å². The fourth-order valence-electron chi connectivity index (χ4n) is 3.72. The second-order valence-corrected chi connectivity index (χ2v) is 8.82. The second-order valence-electron chi connectivity index (χ2n) is 6.89. The van der Waals surface area contributed by atoms with Gasteiger partial charge in [-0.1, -0.05) is 6.42 Å². The summed E-state index contributed by atoms with van der Waals surface area (Å²) in [5.41, 5.74) is 6.00. The summed E-state index contributed by atoms with van der Waals surface area (Å²) in [6.45, 7) is 1.86. The molecule has 0 bridgehead atoms. The molecule has 1 heterocycles. The van der Waals surface area contributed by atoms with Crippen LogP contribution in [0.15, 0.2) is 23.1 Å². The highest BCUT2D eigenvalue weighted by Gasteiger charge is 2.30. The van der Waals surface area contributed by atoms with Crippen molar-refractivity contribution in [3.63, 3.8) is 0 Å². The number of benzene rings is 1. The van der Waals surface area contributed by atoms with Gasteiger partial charge in [0.25, 0.3) is 5.91 Å². The Kier molecular flexibility index (Phi) is 8.08. The van der Waals surface area contributed by atoms with E-state index in [1.165, 1.54) is 29.6 Å². The number of hydrogen-bond donors (Lipinski definition) is 2. The highest BCUT2D eigenvalue weighted by atomic mass is 35.5. The maximum atomic E-state index is 12.9. The van der Waals surface area contributed by atoms with Gasteiger partial charge in [0.15, 0.2) is 0 Å². The van der Waals surface area contributed by atoms with E-state index in [4.69, 9.17) is 15.2 Å². The number of hydrogen-bond acceptors (Lipinski definition) is 6. The molecule has 2 atom stereocenters. The zero-order valence-corrected chi connectivity index (χ0v) is 17.6. The summed E-state index contributed by atoms with van der Waals surface area (Å²) < 4.78 is 37.7. The smallest absolute Gasteiger partial charge is 0.255 e. The molecule has 1 saturated carbocycles. The third-order valence-corrected chi connectivity index (χ3v) is 7.20. The molecule has 0 radical (unpaired) electrons. The molecule has 158 valence electrons. The predicted octanol–water partition coefficient (Wildman–Crippen LogP) is 0.995. The summed E-state index contributed by atoms with van der Waals surface area (Å²) in [6, 6.07) is 4.40. The lowest BCUT2D eigenvalue weighted by Crippen LogP contribution is -2.41. The van der Waals surface area contributed by atoms with Gasteiger partial charge in [0.05, 0.1) is 30.8 Å². The Hall–Kier alpha value is -1.39. The summed E-state index contributed by atoms with van der Waals surface area (Å²) in [5.74, 6) is 0.257. The Morgan fingerprint density at radius 2 is 2.04 bits per heavy atom. The number of carbonyl (C=O) groups excluding carboxylic acids is 1. The molecule has 1 saturated heterocycles. The molecule has 0 aromatic heterocycles. The van der Waals surface area contributed by atoms with Crippen molar-refractivity contribution in [3.05, 3.63) is 23.8 Å². The number of carbonyl (C=O) groups is 1. The van der Waals surface area contributed by atoms with Gasteiger partial charge in [-0.3, -0.25) is 4.79 Å². The summed E-state index contributed by atoms with van der Waals surface area (Å²) in [6.07, 6.45) is 2.89. The Morgan fingerprint density at radius 3 is 2.68 bits per heavy atom. The Morgan fingerprint density at radius 1 is 1.32 bits per heavy atom. The summed E-state index contributed by atoms with van der Waals surface area (Å²) in [4.78, 5) is 12.9. The third kappa shape index (κ3) is 4.77. The number of rotatable bonds is 6. The van der Waals surface area contributed by atoms with E-state index in [1.54, 1.807) is 0 Å². The molecule has 3 rings (SSSR count). The number of morpholine rings is 1. The number of ether oxygens (including phenoxy) is 2. The lowest BCUT2D eigenvalue weighted by atomic mass is 10.0. The number of sulfonamides is 1. The SMILES string of the molecule is COc1ccc(S(=O)(=O)N2CCOCC2)cc1C(=O)NC1CCCC1CN.Cl. The van der Waals surface area contributed by atoms with Crippen LogP contribution in [0.5, 0.6) is 5.75 Å². The lowest BCUT2D eigenvalue weighted by molar-refractivity contribution is 0.0730. The van der Waals surface area contributed by atoms with Crippen LogP contribution in [0.3, 0.4) is 0 Å². The number of amides is 1.